The lowest BCUT2D eigenvalue weighted by atomic mass is 9.85. The van der Waals surface area contributed by atoms with E-state index in [-0.39, 0.29) is 22.3 Å². The molecule has 2 heterocycles. The number of pyridine rings is 1. The van der Waals surface area contributed by atoms with E-state index in [1.807, 2.05) is 0 Å². The Kier molecular flexibility index (Phi) is 4.47. The fraction of sp³-hybridized carbons (Fsp3) is 0.211. The number of hydrogen-bond acceptors (Lipinski definition) is 4. The maximum atomic E-state index is 14.2. The second-order valence-corrected chi connectivity index (χ2v) is 6.73. The Hall–Kier alpha value is -2.67. The number of Topliss-reactive ketones (excluding diaryl/α,β-unsaturated/α-hetero) is 1. The van der Waals surface area contributed by atoms with Crippen molar-refractivity contribution in [3.63, 3.8) is 0 Å². The van der Waals surface area contributed by atoms with Gasteiger partial charge in [-0.1, -0.05) is 17.7 Å². The van der Waals surface area contributed by atoms with Crippen LogP contribution in [0.3, 0.4) is 0 Å². The van der Waals surface area contributed by atoms with Gasteiger partial charge in [-0.2, -0.15) is 0 Å². The summed E-state index contributed by atoms with van der Waals surface area (Å²) in [6, 6.07) is 3.71. The van der Waals surface area contributed by atoms with Crippen molar-refractivity contribution in [2.75, 3.05) is 0 Å². The van der Waals surface area contributed by atoms with Gasteiger partial charge in [-0.05, 0) is 25.0 Å². The predicted octanol–water partition coefficient (Wildman–Crippen LogP) is 4.25. The monoisotopic (exact) mass is 391 g/mol. The van der Waals surface area contributed by atoms with Crippen molar-refractivity contribution in [1.82, 2.24) is 10.3 Å². The molecule has 0 bridgehead atoms. The Morgan fingerprint density at radius 3 is 2.67 bits per heavy atom. The van der Waals surface area contributed by atoms with Crippen molar-refractivity contribution >= 4 is 23.2 Å². The number of nitrogens with one attached hydrogen (secondary N) is 1. The molecule has 0 saturated heterocycles. The molecule has 1 aliphatic heterocycles. The lowest BCUT2D eigenvalue weighted by molar-refractivity contribution is -0.116. The molecule has 0 amide bonds. The fourth-order valence-electron chi connectivity index (χ4n) is 3.34. The molecule has 27 heavy (non-hydrogen) atoms. The highest BCUT2D eigenvalue weighted by atomic mass is 35.5. The Morgan fingerprint density at radius 1 is 1.11 bits per heavy atom. The molecule has 2 aromatic rings. The third kappa shape index (κ3) is 3.23. The zero-order valence-electron chi connectivity index (χ0n) is 13.9. The fourth-order valence-corrected chi connectivity index (χ4v) is 3.61. The second kappa shape index (κ2) is 6.81. The molecule has 0 spiro atoms. The third-order valence-corrected chi connectivity index (χ3v) is 4.87. The van der Waals surface area contributed by atoms with Gasteiger partial charge in [0, 0.05) is 34.3 Å². The lowest BCUT2D eigenvalue weighted by Gasteiger charge is -2.30. The highest BCUT2D eigenvalue weighted by molar-refractivity contribution is 6.31. The van der Waals surface area contributed by atoms with Crippen LogP contribution in [0, 0.1) is 17.5 Å². The average molecular weight is 392 g/mol. The van der Waals surface area contributed by atoms with E-state index in [2.05, 4.69) is 15.3 Å². The summed E-state index contributed by atoms with van der Waals surface area (Å²) in [6.07, 6.45) is 2.46. The molecule has 1 unspecified atom stereocenters. The van der Waals surface area contributed by atoms with E-state index >= 15 is 0 Å². The number of hydrogen-bond donors (Lipinski definition) is 1. The molecular formula is C19H13ClF3N3O. The van der Waals surface area contributed by atoms with Crippen molar-refractivity contribution < 1.29 is 18.0 Å². The van der Waals surface area contributed by atoms with Gasteiger partial charge in [0.1, 0.15) is 23.4 Å². The first-order chi connectivity index (χ1) is 12.9. The average Bonchev–Trinajstić information content (AvgIpc) is 2.61. The molecule has 1 N–H and O–H groups in total. The SMILES string of the molecule is O=C1CCCC2=C1C(c1ccc(F)cc1Cl)N=C(c1ncc(F)cc1F)N2. The van der Waals surface area contributed by atoms with Gasteiger partial charge >= 0.3 is 0 Å². The molecule has 1 aromatic heterocycles. The van der Waals surface area contributed by atoms with Crippen LogP contribution in [0.1, 0.15) is 36.6 Å². The number of ketones is 1. The van der Waals surface area contributed by atoms with Crippen molar-refractivity contribution in [2.45, 2.75) is 25.3 Å². The van der Waals surface area contributed by atoms with Crippen LogP contribution in [0.4, 0.5) is 13.2 Å². The Balaban J connectivity index is 1.87. The van der Waals surface area contributed by atoms with Crippen LogP contribution >= 0.6 is 11.6 Å². The van der Waals surface area contributed by atoms with E-state index < -0.39 is 23.5 Å². The van der Waals surface area contributed by atoms with Gasteiger partial charge in [0.05, 0.1) is 6.20 Å². The summed E-state index contributed by atoms with van der Waals surface area (Å²) < 4.78 is 40.9. The molecule has 8 heteroatoms. The largest absolute Gasteiger partial charge is 0.342 e. The minimum Gasteiger partial charge on any atom is -0.342 e. The first-order valence-electron chi connectivity index (χ1n) is 8.31. The van der Waals surface area contributed by atoms with Gasteiger partial charge < -0.3 is 5.32 Å². The van der Waals surface area contributed by atoms with Gasteiger partial charge in [-0.3, -0.25) is 9.79 Å². The summed E-state index contributed by atoms with van der Waals surface area (Å²) in [4.78, 5) is 20.7. The minimum atomic E-state index is -0.878. The first kappa shape index (κ1) is 17.7. The normalized spacial score (nSPS) is 19.5. The predicted molar refractivity (Wildman–Crippen MR) is 93.9 cm³/mol. The zero-order valence-corrected chi connectivity index (χ0v) is 14.7. The Morgan fingerprint density at radius 2 is 1.93 bits per heavy atom. The first-order valence-corrected chi connectivity index (χ1v) is 8.69. The molecule has 138 valence electrons. The summed E-state index contributed by atoms with van der Waals surface area (Å²) in [7, 11) is 0. The number of carbonyl (C=O) groups excluding carboxylic acids is 1. The van der Waals surface area contributed by atoms with Gasteiger partial charge in [-0.25, -0.2) is 18.2 Å². The molecule has 1 atom stereocenters. The minimum absolute atomic E-state index is 0.0753. The molecule has 2 aliphatic rings. The topological polar surface area (TPSA) is 54.4 Å². The van der Waals surface area contributed by atoms with Crippen molar-refractivity contribution in [2.24, 2.45) is 4.99 Å². The molecule has 1 aliphatic carbocycles. The molecule has 0 saturated carbocycles. The Labute approximate surface area is 157 Å². The van der Waals surface area contributed by atoms with Gasteiger partial charge in [-0.15, -0.1) is 0 Å². The van der Waals surface area contributed by atoms with Gasteiger partial charge in [0.15, 0.2) is 17.4 Å². The van der Waals surface area contributed by atoms with Crippen LogP contribution in [0.25, 0.3) is 0 Å². The third-order valence-electron chi connectivity index (χ3n) is 4.55. The van der Waals surface area contributed by atoms with Crippen molar-refractivity contribution in [3.05, 3.63) is 75.5 Å². The van der Waals surface area contributed by atoms with Crippen LogP contribution < -0.4 is 5.32 Å². The summed E-state index contributed by atoms with van der Waals surface area (Å²) >= 11 is 6.18. The lowest BCUT2D eigenvalue weighted by Crippen LogP contribution is -2.36. The highest BCUT2D eigenvalue weighted by Crippen LogP contribution is 2.39. The second-order valence-electron chi connectivity index (χ2n) is 6.32. The summed E-state index contributed by atoms with van der Waals surface area (Å²) in [5.41, 5.74) is 1.31. The van der Waals surface area contributed by atoms with Gasteiger partial charge in [0.2, 0.25) is 0 Å². The smallest absolute Gasteiger partial charge is 0.163 e. The number of carbonyl (C=O) groups is 1. The summed E-state index contributed by atoms with van der Waals surface area (Å²) in [5, 5.41) is 3.07. The molecule has 4 nitrogen and oxygen atoms in total. The number of nitrogens with zero attached hydrogens (tertiary/aromatic N) is 2. The Bertz CT molecular complexity index is 1020. The standard InChI is InChI=1S/C19H13ClF3N3O/c20-12-6-9(21)4-5-11(12)17-16-14(2-1-3-15(16)27)25-19(26-17)18-13(23)7-10(22)8-24-18/h4-8,17H,1-3H2,(H,25,26). The van der Waals surface area contributed by atoms with Crippen molar-refractivity contribution in [3.8, 4) is 0 Å². The number of rotatable bonds is 2. The number of amidine groups is 1. The van der Waals surface area contributed by atoms with E-state index in [9.17, 15) is 18.0 Å². The number of benzene rings is 1. The van der Waals surface area contributed by atoms with E-state index in [0.29, 0.717) is 42.2 Å². The number of aromatic nitrogens is 1. The van der Waals surface area contributed by atoms with Crippen LogP contribution in [0.5, 0.6) is 0 Å². The number of aliphatic imine (C=N–C) groups is 1. The molecule has 0 fully saturated rings. The van der Waals surface area contributed by atoms with Gasteiger partial charge in [0.25, 0.3) is 0 Å². The van der Waals surface area contributed by atoms with Crippen LogP contribution in [-0.2, 0) is 4.79 Å². The van der Waals surface area contributed by atoms with Crippen molar-refractivity contribution in [1.29, 1.82) is 0 Å². The van der Waals surface area contributed by atoms with E-state index in [0.717, 1.165) is 12.3 Å². The quantitative estimate of drug-likeness (QED) is 0.832. The molecule has 1 aromatic carbocycles. The van der Waals surface area contributed by atoms with Crippen LogP contribution in [0.2, 0.25) is 5.02 Å². The van der Waals surface area contributed by atoms with Crippen LogP contribution in [-0.4, -0.2) is 16.6 Å². The van der Waals surface area contributed by atoms with E-state index in [4.69, 9.17) is 11.6 Å². The van der Waals surface area contributed by atoms with Crippen LogP contribution in [0.15, 0.2) is 46.7 Å². The zero-order chi connectivity index (χ0) is 19.1. The molecular weight excluding hydrogens is 379 g/mol. The maximum Gasteiger partial charge on any atom is 0.163 e. The summed E-state index contributed by atoms with van der Waals surface area (Å²) in [5.74, 6) is -2.22. The highest BCUT2D eigenvalue weighted by Gasteiger charge is 2.34. The number of halogens is 4. The van der Waals surface area contributed by atoms with E-state index in [1.54, 1.807) is 0 Å². The molecule has 0 radical (unpaired) electrons. The maximum absolute atomic E-state index is 14.2. The van der Waals surface area contributed by atoms with E-state index in [1.165, 1.54) is 12.1 Å². The molecule has 4 rings (SSSR count). The summed E-state index contributed by atoms with van der Waals surface area (Å²) in [6.45, 7) is 0. The number of allylic oxidation sites excluding steroid dienone is 1.